The first-order chi connectivity index (χ1) is 17.8. The average Bonchev–Trinajstić information content (AvgIpc) is 3.54. The Morgan fingerprint density at radius 2 is 1.28 bits per heavy atom. The quantitative estimate of drug-likeness (QED) is 0.205. The maximum Gasteiger partial charge on any atom is -0.0253 e. The van der Waals surface area contributed by atoms with Gasteiger partial charge in [0.25, 0.3) is 0 Å². The molecule has 0 N–H and O–H groups in total. The van der Waals surface area contributed by atoms with Crippen LogP contribution in [0.15, 0.2) is 121 Å². The Balaban J connectivity index is 0.000000203. The molecule has 6 rings (SSSR count). The van der Waals surface area contributed by atoms with Crippen molar-refractivity contribution in [2.45, 2.75) is 33.0 Å². The van der Waals surface area contributed by atoms with Crippen molar-refractivity contribution in [1.29, 1.82) is 0 Å². The second-order valence-corrected chi connectivity index (χ2v) is 16.7. The van der Waals surface area contributed by atoms with E-state index in [0.29, 0.717) is 0 Å². The van der Waals surface area contributed by atoms with Crippen molar-refractivity contribution >= 4 is 16.5 Å². The molecule has 0 bridgehead atoms. The predicted molar refractivity (Wildman–Crippen MR) is 159 cm³/mol. The Bertz CT molecular complexity index is 1370. The van der Waals surface area contributed by atoms with Gasteiger partial charge in [-0.2, -0.15) is 47.5 Å². The van der Waals surface area contributed by atoms with Gasteiger partial charge in [0, 0.05) is 8.07 Å². The third kappa shape index (κ3) is 9.16. The van der Waals surface area contributed by atoms with Crippen LogP contribution in [0.3, 0.4) is 0 Å². The van der Waals surface area contributed by atoms with Gasteiger partial charge in [-0.15, -0.1) is 5.56 Å². The van der Waals surface area contributed by atoms with Gasteiger partial charge in [-0.1, -0.05) is 62.0 Å². The summed E-state index contributed by atoms with van der Waals surface area (Å²) in [7, 11) is -1.01. The van der Waals surface area contributed by atoms with Gasteiger partial charge in [-0.3, -0.25) is 0 Å². The Morgan fingerprint density at radius 3 is 1.79 bits per heavy atom. The van der Waals surface area contributed by atoms with Crippen LogP contribution in [0, 0.1) is 13.0 Å². The molecule has 0 spiro atoms. The van der Waals surface area contributed by atoms with Crippen molar-refractivity contribution in [2.24, 2.45) is 0 Å². The van der Waals surface area contributed by atoms with Gasteiger partial charge >= 0.3 is 99.2 Å². The van der Waals surface area contributed by atoms with E-state index in [-0.39, 0.29) is 24.8 Å². The van der Waals surface area contributed by atoms with E-state index in [2.05, 4.69) is 148 Å². The molecular weight excluding hydrogens is 611 g/mol. The smallest absolute Gasteiger partial charge is 0.0253 e. The van der Waals surface area contributed by atoms with Crippen molar-refractivity contribution in [3.8, 4) is 11.1 Å². The fourth-order valence-electron chi connectivity index (χ4n) is 4.40. The van der Waals surface area contributed by atoms with E-state index < -0.39 is 8.07 Å². The minimum atomic E-state index is -1.01. The predicted octanol–water partition coefficient (Wildman–Crippen LogP) is 2.13. The van der Waals surface area contributed by atoms with Gasteiger partial charge in [0.15, 0.2) is 0 Å². The molecule has 5 aromatic carbocycles. The fourth-order valence-corrected chi connectivity index (χ4v) is 6.47. The van der Waals surface area contributed by atoms with Gasteiger partial charge in [0.05, 0.1) is 0 Å². The SMILES string of the molecule is Cc1cc([Si](C)(C)C)c[cH-]1.[Cl-].[Cl-].[Zr+2]=[C](c1ccccc1)c1ccccc1.[c-]1cccc2c1Cc1ccccc1-2. The number of halogens is 2. The normalized spacial score (nSPS) is 10.7. The summed E-state index contributed by atoms with van der Waals surface area (Å²) in [5, 5.41) is 1.57. The minimum absolute atomic E-state index is 0. The summed E-state index contributed by atoms with van der Waals surface area (Å²) in [6.45, 7) is 9.29. The zero-order valence-electron chi connectivity index (χ0n) is 23.0. The topological polar surface area (TPSA) is 0 Å². The van der Waals surface area contributed by atoms with Crippen LogP contribution >= 0.6 is 0 Å². The molecule has 39 heavy (non-hydrogen) atoms. The molecule has 0 nitrogen and oxygen atoms in total. The van der Waals surface area contributed by atoms with Crippen molar-refractivity contribution in [3.05, 3.63) is 155 Å². The zero-order chi connectivity index (χ0) is 26.3. The molecule has 0 atom stereocenters. The molecular formula is C35H34Cl2SiZr-2. The molecule has 4 heteroatoms. The summed E-state index contributed by atoms with van der Waals surface area (Å²) in [6, 6.07) is 46.0. The molecule has 0 saturated carbocycles. The van der Waals surface area contributed by atoms with Crippen molar-refractivity contribution in [2.75, 3.05) is 0 Å². The molecule has 0 heterocycles. The first-order valence-electron chi connectivity index (χ1n) is 12.8. The van der Waals surface area contributed by atoms with E-state index in [0.717, 1.165) is 6.42 Å². The second-order valence-electron chi connectivity index (χ2n) is 10.4. The first kappa shape index (κ1) is 33.0. The molecule has 198 valence electrons. The Labute approximate surface area is 263 Å². The zero-order valence-corrected chi connectivity index (χ0v) is 28.0. The third-order valence-corrected chi connectivity index (χ3v) is 9.98. The van der Waals surface area contributed by atoms with Crippen LogP contribution in [0.1, 0.15) is 27.8 Å². The van der Waals surface area contributed by atoms with E-state index >= 15 is 0 Å². The maximum atomic E-state index is 3.30. The van der Waals surface area contributed by atoms with E-state index in [1.807, 2.05) is 6.07 Å². The Morgan fingerprint density at radius 1 is 0.744 bits per heavy atom. The third-order valence-electron chi connectivity index (χ3n) is 6.52. The summed E-state index contributed by atoms with van der Waals surface area (Å²) >= 11 is 1.46. The van der Waals surface area contributed by atoms with Crippen molar-refractivity contribution in [1.82, 2.24) is 0 Å². The molecule has 1 aliphatic rings. The van der Waals surface area contributed by atoms with E-state index in [1.54, 1.807) is 5.19 Å². The molecule has 0 aliphatic heterocycles. The van der Waals surface area contributed by atoms with Crippen LogP contribution in [0.4, 0.5) is 0 Å². The number of hydrogen-bond donors (Lipinski definition) is 0. The monoisotopic (exact) mass is 642 g/mol. The van der Waals surface area contributed by atoms with Crippen molar-refractivity contribution < 1.29 is 49.0 Å². The van der Waals surface area contributed by atoms with Crippen LogP contribution in [0.5, 0.6) is 0 Å². The molecule has 0 amide bonds. The Kier molecular flexibility index (Phi) is 13.1. The van der Waals surface area contributed by atoms with Gasteiger partial charge < -0.3 is 24.8 Å². The van der Waals surface area contributed by atoms with Crippen LogP contribution in [0.25, 0.3) is 11.1 Å². The summed E-state index contributed by atoms with van der Waals surface area (Å²) in [4.78, 5) is 0. The van der Waals surface area contributed by atoms with Gasteiger partial charge in [-0.05, 0) is 6.42 Å². The number of fused-ring (bicyclic) bond motifs is 3. The Hall–Kier alpha value is -2.22. The molecule has 1 aliphatic carbocycles. The van der Waals surface area contributed by atoms with Crippen LogP contribution in [-0.4, -0.2) is 11.3 Å². The number of rotatable bonds is 3. The van der Waals surface area contributed by atoms with Crippen molar-refractivity contribution in [3.63, 3.8) is 0 Å². The van der Waals surface area contributed by atoms with Gasteiger partial charge in [0.1, 0.15) is 0 Å². The molecule has 0 radical (unpaired) electrons. The molecule has 0 aromatic heterocycles. The maximum absolute atomic E-state index is 3.30. The summed E-state index contributed by atoms with van der Waals surface area (Å²) in [6.07, 6.45) is 1.05. The largest absolute Gasteiger partial charge is 0.179 e. The number of hydrogen-bond acceptors (Lipinski definition) is 0. The average molecular weight is 645 g/mol. The number of benzene rings is 4. The fraction of sp³-hybridized carbons (Fsp3) is 0.143. The molecule has 0 fully saturated rings. The summed E-state index contributed by atoms with van der Waals surface area (Å²) in [5.74, 6) is 0. The van der Waals surface area contributed by atoms with E-state index in [1.165, 1.54) is 66.4 Å². The standard InChI is InChI=1S/C13H9.C13H10.C9H15Si.2ClH.Zr/c1-3-7-12-10(5-1)9-11-6-2-4-8-13(11)12;1-3-7-12(8-4-1)11-13-9-5-2-6-10-13;1-8-5-6-9(7-8)10(2,3)4;;;/h1-5,7-8H,9H2;1-10H;5-7H,1-4H3;2*1H;/q-1;;-1;;;+2/p-2. The van der Waals surface area contributed by atoms with Crippen LogP contribution in [0.2, 0.25) is 19.6 Å². The van der Waals surface area contributed by atoms with Gasteiger partial charge in [0.2, 0.25) is 0 Å². The van der Waals surface area contributed by atoms with E-state index in [9.17, 15) is 0 Å². The van der Waals surface area contributed by atoms with E-state index in [4.69, 9.17) is 0 Å². The summed E-state index contributed by atoms with van der Waals surface area (Å²) in [5.41, 5.74) is 9.57. The molecule has 5 aromatic rings. The minimum Gasteiger partial charge on any atom is -0.179 e. The number of aryl methyl sites for hydroxylation is 1. The molecule has 0 saturated heterocycles. The van der Waals surface area contributed by atoms with Crippen LogP contribution < -0.4 is 30.0 Å². The molecule has 0 unspecified atom stereocenters. The van der Waals surface area contributed by atoms with Crippen LogP contribution in [-0.2, 0) is 30.7 Å². The second kappa shape index (κ2) is 15.5. The first-order valence-corrected chi connectivity index (χ1v) is 17.6. The summed E-state index contributed by atoms with van der Waals surface area (Å²) < 4.78 is 1.42. The van der Waals surface area contributed by atoms with Gasteiger partial charge in [-0.25, -0.2) is 11.3 Å².